The summed E-state index contributed by atoms with van der Waals surface area (Å²) in [6.45, 7) is 1.99. The summed E-state index contributed by atoms with van der Waals surface area (Å²) in [4.78, 5) is 14.0. The van der Waals surface area contributed by atoms with Crippen molar-refractivity contribution in [3.8, 4) is 0 Å². The molecule has 0 aliphatic heterocycles. The van der Waals surface area contributed by atoms with E-state index in [2.05, 4.69) is 10.3 Å². The third-order valence-electron chi connectivity index (χ3n) is 2.98. The molecule has 0 heterocycles. The van der Waals surface area contributed by atoms with Gasteiger partial charge in [0, 0.05) is 5.56 Å². The fourth-order valence-electron chi connectivity index (χ4n) is 1.74. The van der Waals surface area contributed by atoms with Gasteiger partial charge in [-0.3, -0.25) is 10.2 Å². The molecule has 0 spiro atoms. The minimum atomic E-state index is -3.77. The summed E-state index contributed by atoms with van der Waals surface area (Å²) in [5.74, 6) is -0.510. The number of sulfonamides is 1. The summed E-state index contributed by atoms with van der Waals surface area (Å²) in [5, 5.41) is 0. The molecule has 6 heteroatoms. The topological polar surface area (TPSA) is 75.3 Å². The van der Waals surface area contributed by atoms with E-state index in [1.165, 1.54) is 12.1 Å². The summed E-state index contributed by atoms with van der Waals surface area (Å²) in [7, 11) is -3.77. The summed E-state index contributed by atoms with van der Waals surface area (Å²) < 4.78 is 24.1. The lowest BCUT2D eigenvalue weighted by atomic mass is 10.2. The average molecular weight is 304 g/mol. The molecule has 0 bridgehead atoms. The van der Waals surface area contributed by atoms with Crippen molar-refractivity contribution in [2.24, 2.45) is 0 Å². The number of rotatable bonds is 5. The van der Waals surface area contributed by atoms with Crippen molar-refractivity contribution in [3.63, 3.8) is 0 Å². The van der Waals surface area contributed by atoms with E-state index in [1.54, 1.807) is 42.5 Å². The molecule has 0 aromatic heterocycles. The molecule has 2 rings (SSSR count). The second-order valence-corrected chi connectivity index (χ2v) is 6.11. The van der Waals surface area contributed by atoms with Crippen LogP contribution in [0.4, 0.5) is 0 Å². The molecule has 0 saturated carbocycles. The Morgan fingerprint density at radius 2 is 1.62 bits per heavy atom. The van der Waals surface area contributed by atoms with Gasteiger partial charge >= 0.3 is 0 Å². The molecule has 21 heavy (non-hydrogen) atoms. The number of nitrogens with one attached hydrogen (secondary N) is 2. The van der Waals surface area contributed by atoms with Gasteiger partial charge in [0.2, 0.25) is 0 Å². The maximum absolute atomic E-state index is 12.0. The highest BCUT2D eigenvalue weighted by Gasteiger charge is 2.15. The van der Waals surface area contributed by atoms with Gasteiger partial charge in [0.15, 0.2) is 0 Å². The third-order valence-corrected chi connectivity index (χ3v) is 4.24. The maximum Gasteiger partial charge on any atom is 0.266 e. The summed E-state index contributed by atoms with van der Waals surface area (Å²) in [6.07, 6.45) is 0.832. The average Bonchev–Trinajstić information content (AvgIpc) is 2.53. The van der Waals surface area contributed by atoms with Crippen molar-refractivity contribution in [3.05, 3.63) is 65.7 Å². The Labute approximate surface area is 124 Å². The molecule has 1 amide bonds. The van der Waals surface area contributed by atoms with Gasteiger partial charge in [-0.05, 0) is 36.2 Å². The Bertz CT molecular complexity index is 710. The van der Waals surface area contributed by atoms with Gasteiger partial charge in [-0.15, -0.1) is 4.83 Å². The molecule has 0 unspecified atom stereocenters. The zero-order chi connectivity index (χ0) is 15.3. The molecule has 110 valence electrons. The number of carbonyl (C=O) groups is 1. The summed E-state index contributed by atoms with van der Waals surface area (Å²) in [6, 6.07) is 14.9. The smallest absolute Gasteiger partial charge is 0.266 e. The van der Waals surface area contributed by atoms with Crippen LogP contribution in [0, 0.1) is 0 Å². The first-order valence-electron chi connectivity index (χ1n) is 6.49. The van der Waals surface area contributed by atoms with Gasteiger partial charge in [0.1, 0.15) is 0 Å². The highest BCUT2D eigenvalue weighted by Crippen LogP contribution is 2.10. The minimum Gasteiger partial charge on any atom is -0.273 e. The summed E-state index contributed by atoms with van der Waals surface area (Å²) in [5.41, 5.74) is 3.61. The predicted molar refractivity (Wildman–Crippen MR) is 80.0 cm³/mol. The van der Waals surface area contributed by atoms with E-state index < -0.39 is 15.9 Å². The number of benzene rings is 2. The van der Waals surface area contributed by atoms with Crippen LogP contribution in [0.2, 0.25) is 0 Å². The third kappa shape index (κ3) is 3.90. The van der Waals surface area contributed by atoms with E-state index in [1.807, 2.05) is 6.92 Å². The highest BCUT2D eigenvalue weighted by molar-refractivity contribution is 7.89. The Balaban J connectivity index is 2.05. The van der Waals surface area contributed by atoms with Gasteiger partial charge in [0.05, 0.1) is 4.90 Å². The van der Waals surface area contributed by atoms with E-state index in [0.29, 0.717) is 5.56 Å². The first-order chi connectivity index (χ1) is 10.0. The summed E-state index contributed by atoms with van der Waals surface area (Å²) >= 11 is 0. The van der Waals surface area contributed by atoms with Crippen molar-refractivity contribution in [1.82, 2.24) is 10.3 Å². The molecule has 0 saturated heterocycles. The second kappa shape index (κ2) is 6.51. The van der Waals surface area contributed by atoms with Gasteiger partial charge in [-0.1, -0.05) is 37.3 Å². The molecule has 2 N–H and O–H groups in total. The first kappa shape index (κ1) is 15.2. The number of aryl methyl sites for hydroxylation is 1. The van der Waals surface area contributed by atoms with Gasteiger partial charge < -0.3 is 0 Å². The molecule has 2 aromatic carbocycles. The van der Waals surface area contributed by atoms with E-state index in [-0.39, 0.29) is 4.90 Å². The molecular formula is C15H16N2O3S. The van der Waals surface area contributed by atoms with Crippen LogP contribution in [0.25, 0.3) is 0 Å². The van der Waals surface area contributed by atoms with Crippen LogP contribution in [0.5, 0.6) is 0 Å². The van der Waals surface area contributed by atoms with Crippen LogP contribution in [0.1, 0.15) is 22.8 Å². The monoisotopic (exact) mass is 304 g/mol. The fourth-order valence-corrected chi connectivity index (χ4v) is 2.58. The van der Waals surface area contributed by atoms with Crippen molar-refractivity contribution in [1.29, 1.82) is 0 Å². The molecule has 0 fully saturated rings. The standard InChI is InChI=1S/C15H16N2O3S/c1-2-12-8-10-14(11-9-12)21(19,20)17-16-15(18)13-6-4-3-5-7-13/h3-11,17H,2H2,1H3,(H,16,18). The van der Waals surface area contributed by atoms with Crippen LogP contribution >= 0.6 is 0 Å². The van der Waals surface area contributed by atoms with Gasteiger partial charge in [-0.2, -0.15) is 0 Å². The minimum absolute atomic E-state index is 0.105. The van der Waals surface area contributed by atoms with Crippen LogP contribution in [0.15, 0.2) is 59.5 Å². The van der Waals surface area contributed by atoms with Crippen LogP contribution in [0.3, 0.4) is 0 Å². The number of hydrogen-bond donors (Lipinski definition) is 2. The zero-order valence-electron chi connectivity index (χ0n) is 11.5. The Kier molecular flexibility index (Phi) is 4.72. The number of carbonyl (C=O) groups excluding carboxylic acids is 1. The highest BCUT2D eigenvalue weighted by atomic mass is 32.2. The van der Waals surface area contributed by atoms with Crippen LogP contribution in [-0.2, 0) is 16.4 Å². The number of amides is 1. The normalized spacial score (nSPS) is 11.1. The molecule has 2 aromatic rings. The van der Waals surface area contributed by atoms with E-state index in [4.69, 9.17) is 0 Å². The molecule has 0 aliphatic carbocycles. The number of hydrazine groups is 1. The quantitative estimate of drug-likeness (QED) is 0.828. The lowest BCUT2D eigenvalue weighted by Gasteiger charge is -2.09. The van der Waals surface area contributed by atoms with Crippen molar-refractivity contribution in [2.75, 3.05) is 0 Å². The lowest BCUT2D eigenvalue weighted by molar-refractivity contribution is 0.0945. The SMILES string of the molecule is CCc1ccc(S(=O)(=O)NNC(=O)c2ccccc2)cc1. The van der Waals surface area contributed by atoms with Gasteiger partial charge in [-0.25, -0.2) is 8.42 Å². The second-order valence-electron chi connectivity index (χ2n) is 4.42. The Hall–Kier alpha value is -2.18. The van der Waals surface area contributed by atoms with Crippen LogP contribution < -0.4 is 10.3 Å². The fraction of sp³-hybridized carbons (Fsp3) is 0.133. The largest absolute Gasteiger partial charge is 0.273 e. The zero-order valence-corrected chi connectivity index (χ0v) is 12.4. The molecular weight excluding hydrogens is 288 g/mol. The predicted octanol–water partition coefficient (Wildman–Crippen LogP) is 1.87. The molecule has 0 atom stereocenters. The van der Waals surface area contributed by atoms with Crippen molar-refractivity contribution < 1.29 is 13.2 Å². The van der Waals surface area contributed by atoms with Gasteiger partial charge in [0.25, 0.3) is 15.9 Å². The number of hydrogen-bond acceptors (Lipinski definition) is 3. The van der Waals surface area contributed by atoms with E-state index >= 15 is 0 Å². The van der Waals surface area contributed by atoms with Crippen molar-refractivity contribution >= 4 is 15.9 Å². The Morgan fingerprint density at radius 1 is 1.00 bits per heavy atom. The molecule has 5 nitrogen and oxygen atoms in total. The molecule has 0 aliphatic rings. The first-order valence-corrected chi connectivity index (χ1v) is 7.97. The van der Waals surface area contributed by atoms with E-state index in [0.717, 1.165) is 12.0 Å². The van der Waals surface area contributed by atoms with Crippen LogP contribution in [-0.4, -0.2) is 14.3 Å². The van der Waals surface area contributed by atoms with E-state index in [9.17, 15) is 13.2 Å². The lowest BCUT2D eigenvalue weighted by Crippen LogP contribution is -2.41. The maximum atomic E-state index is 12.0. The van der Waals surface area contributed by atoms with Crippen molar-refractivity contribution in [2.45, 2.75) is 18.2 Å². The molecule has 0 radical (unpaired) electrons. The Morgan fingerprint density at radius 3 is 2.19 bits per heavy atom.